The summed E-state index contributed by atoms with van der Waals surface area (Å²) in [5.41, 5.74) is 7.79. The van der Waals surface area contributed by atoms with E-state index in [-0.39, 0.29) is 17.9 Å². The molecule has 0 spiro atoms. The van der Waals surface area contributed by atoms with Crippen molar-refractivity contribution < 1.29 is 24.9 Å². The zero-order chi connectivity index (χ0) is 21.8. The molecule has 1 heterocycles. The van der Waals surface area contributed by atoms with Crippen LogP contribution in [0.2, 0.25) is 0 Å². The fourth-order valence-corrected chi connectivity index (χ4v) is 4.89. The molecule has 0 aliphatic carbocycles. The number of pyridine rings is 1. The van der Waals surface area contributed by atoms with E-state index in [1.54, 1.807) is 30.3 Å². The van der Waals surface area contributed by atoms with Crippen molar-refractivity contribution >= 4 is 51.2 Å². The van der Waals surface area contributed by atoms with Gasteiger partial charge in [0.05, 0.1) is 13.3 Å². The van der Waals surface area contributed by atoms with Crippen LogP contribution in [0.4, 0.5) is 0 Å². The van der Waals surface area contributed by atoms with Gasteiger partial charge < -0.3 is 25.8 Å². The number of nitrogens with two attached hydrogens (primary N) is 1. The highest BCUT2D eigenvalue weighted by atomic mass is 127. The molecule has 156 valence electrons. The molecule has 0 aliphatic rings. The maximum atomic E-state index is 11.0. The SMILES string of the molecule is N[C@@H](Cc1cc(I)c(Oc2ccc(O)c(Cc3ccc(O)cn3)c2)c(I)c1)C(=O)O. The van der Waals surface area contributed by atoms with Gasteiger partial charge in [-0.1, -0.05) is 0 Å². The maximum Gasteiger partial charge on any atom is 0.320 e. The van der Waals surface area contributed by atoms with E-state index < -0.39 is 12.0 Å². The Balaban J connectivity index is 1.82. The van der Waals surface area contributed by atoms with Crippen molar-refractivity contribution in [1.29, 1.82) is 0 Å². The van der Waals surface area contributed by atoms with Crippen molar-refractivity contribution in [1.82, 2.24) is 4.98 Å². The number of carbonyl (C=O) groups is 1. The predicted octanol–water partition coefficient (Wildman–Crippen LogP) is 4.04. The van der Waals surface area contributed by atoms with E-state index in [0.29, 0.717) is 29.2 Å². The molecule has 3 rings (SSSR count). The number of benzene rings is 2. The Hall–Kier alpha value is -2.12. The summed E-state index contributed by atoms with van der Waals surface area (Å²) < 4.78 is 7.71. The smallest absolute Gasteiger partial charge is 0.320 e. The predicted molar refractivity (Wildman–Crippen MR) is 128 cm³/mol. The van der Waals surface area contributed by atoms with Gasteiger partial charge in [-0.2, -0.15) is 0 Å². The Morgan fingerprint density at radius 3 is 2.40 bits per heavy atom. The monoisotopic (exact) mass is 632 g/mol. The lowest BCUT2D eigenvalue weighted by atomic mass is 10.1. The molecule has 2 aromatic carbocycles. The minimum atomic E-state index is -1.04. The first-order chi connectivity index (χ1) is 14.2. The Morgan fingerprint density at radius 1 is 1.10 bits per heavy atom. The largest absolute Gasteiger partial charge is 0.508 e. The van der Waals surface area contributed by atoms with Crippen LogP contribution in [0.1, 0.15) is 16.8 Å². The first-order valence-electron chi connectivity index (χ1n) is 8.83. The number of hydrogen-bond donors (Lipinski definition) is 4. The number of rotatable bonds is 7. The molecular weight excluding hydrogens is 614 g/mol. The van der Waals surface area contributed by atoms with Crippen molar-refractivity contribution in [2.45, 2.75) is 18.9 Å². The lowest BCUT2D eigenvalue weighted by molar-refractivity contribution is -0.138. The number of aliphatic carboxylic acids is 1. The summed E-state index contributed by atoms with van der Waals surface area (Å²) in [6, 6.07) is 10.9. The molecule has 0 aliphatic heterocycles. The van der Waals surface area contributed by atoms with Gasteiger partial charge in [0, 0.05) is 17.7 Å². The summed E-state index contributed by atoms with van der Waals surface area (Å²) in [7, 11) is 0. The average Bonchev–Trinajstić information content (AvgIpc) is 2.68. The number of aromatic hydroxyl groups is 2. The third kappa shape index (κ3) is 5.73. The van der Waals surface area contributed by atoms with Crippen LogP contribution >= 0.6 is 45.2 Å². The standard InChI is InChI=1S/C21H18I2N2O5/c22-16-5-11(7-18(24)21(28)29)6-17(23)20(16)30-15-3-4-19(27)12(9-15)8-13-1-2-14(26)10-25-13/h1-6,9-10,18,26-27H,7-8,24H2,(H,28,29)/t18-/m0/s1. The van der Waals surface area contributed by atoms with Gasteiger partial charge in [-0.3, -0.25) is 9.78 Å². The van der Waals surface area contributed by atoms with E-state index in [9.17, 15) is 15.0 Å². The van der Waals surface area contributed by atoms with Gasteiger partial charge in [0.1, 0.15) is 23.3 Å². The molecular formula is C21H18I2N2O5. The van der Waals surface area contributed by atoms with Crippen molar-refractivity contribution in [2.75, 3.05) is 0 Å². The third-order valence-corrected chi connectivity index (χ3v) is 5.89. The van der Waals surface area contributed by atoms with Gasteiger partial charge in [0.2, 0.25) is 0 Å². The summed E-state index contributed by atoms with van der Waals surface area (Å²) >= 11 is 4.28. The lowest BCUT2D eigenvalue weighted by Crippen LogP contribution is -2.32. The van der Waals surface area contributed by atoms with Crippen LogP contribution in [0.5, 0.6) is 23.0 Å². The van der Waals surface area contributed by atoms with E-state index in [0.717, 1.165) is 12.7 Å². The van der Waals surface area contributed by atoms with Crippen molar-refractivity contribution in [2.24, 2.45) is 5.73 Å². The van der Waals surface area contributed by atoms with Crippen LogP contribution in [0.3, 0.4) is 0 Å². The number of hydrogen-bond acceptors (Lipinski definition) is 6. The minimum absolute atomic E-state index is 0.0805. The van der Waals surface area contributed by atoms with Crippen molar-refractivity contribution in [3.05, 3.63) is 72.6 Å². The molecule has 0 saturated carbocycles. The van der Waals surface area contributed by atoms with Crippen LogP contribution in [-0.4, -0.2) is 32.3 Å². The van der Waals surface area contributed by atoms with Gasteiger partial charge in [0.15, 0.2) is 5.75 Å². The number of carboxylic acids is 1. The van der Waals surface area contributed by atoms with Gasteiger partial charge in [-0.15, -0.1) is 0 Å². The fourth-order valence-electron chi connectivity index (χ4n) is 2.77. The van der Waals surface area contributed by atoms with Gasteiger partial charge >= 0.3 is 5.97 Å². The van der Waals surface area contributed by atoms with Crippen molar-refractivity contribution in [3.8, 4) is 23.0 Å². The van der Waals surface area contributed by atoms with Crippen LogP contribution in [0.25, 0.3) is 0 Å². The van der Waals surface area contributed by atoms with E-state index in [2.05, 4.69) is 50.2 Å². The topological polar surface area (TPSA) is 126 Å². The molecule has 0 saturated heterocycles. The number of phenols is 1. The Bertz CT molecular complexity index is 1050. The van der Waals surface area contributed by atoms with E-state index in [1.807, 2.05) is 12.1 Å². The van der Waals surface area contributed by atoms with Crippen LogP contribution in [-0.2, 0) is 17.6 Å². The average molecular weight is 632 g/mol. The highest BCUT2D eigenvalue weighted by Gasteiger charge is 2.16. The minimum Gasteiger partial charge on any atom is -0.508 e. The molecule has 3 aromatic rings. The summed E-state index contributed by atoms with van der Waals surface area (Å²) in [5.74, 6) is 0.354. The summed E-state index contributed by atoms with van der Waals surface area (Å²) in [6.45, 7) is 0. The molecule has 0 amide bonds. The van der Waals surface area contributed by atoms with Crippen LogP contribution < -0.4 is 10.5 Å². The maximum absolute atomic E-state index is 11.0. The zero-order valence-corrected chi connectivity index (χ0v) is 19.9. The molecule has 30 heavy (non-hydrogen) atoms. The molecule has 7 nitrogen and oxygen atoms in total. The van der Waals surface area contributed by atoms with E-state index in [4.69, 9.17) is 15.6 Å². The number of phenolic OH excluding ortho intramolecular Hbond substituents is 1. The summed E-state index contributed by atoms with van der Waals surface area (Å²) in [6.07, 6.45) is 1.96. The second-order valence-electron chi connectivity index (χ2n) is 6.61. The van der Waals surface area contributed by atoms with Crippen LogP contribution in [0.15, 0.2) is 48.7 Å². The first-order valence-corrected chi connectivity index (χ1v) is 11.0. The summed E-state index contributed by atoms with van der Waals surface area (Å²) in [4.78, 5) is 15.1. The summed E-state index contributed by atoms with van der Waals surface area (Å²) in [5, 5.41) is 28.6. The fraction of sp³-hybridized carbons (Fsp3) is 0.143. The Kier molecular flexibility index (Phi) is 7.36. The molecule has 0 fully saturated rings. The normalized spacial score (nSPS) is 11.8. The van der Waals surface area contributed by atoms with E-state index >= 15 is 0 Å². The lowest BCUT2D eigenvalue weighted by Gasteiger charge is -2.14. The first kappa shape index (κ1) is 22.6. The van der Waals surface area contributed by atoms with Gasteiger partial charge in [-0.25, -0.2) is 0 Å². The van der Waals surface area contributed by atoms with Crippen LogP contribution in [0, 0.1) is 7.14 Å². The molecule has 1 aromatic heterocycles. The highest BCUT2D eigenvalue weighted by Crippen LogP contribution is 2.35. The Labute approximate surface area is 200 Å². The van der Waals surface area contributed by atoms with Gasteiger partial charge in [-0.05, 0) is 99.6 Å². The third-order valence-electron chi connectivity index (χ3n) is 4.28. The van der Waals surface area contributed by atoms with E-state index in [1.165, 1.54) is 6.20 Å². The zero-order valence-electron chi connectivity index (χ0n) is 15.5. The number of ether oxygens (including phenoxy) is 1. The van der Waals surface area contributed by atoms with Crippen molar-refractivity contribution in [3.63, 3.8) is 0 Å². The molecule has 0 unspecified atom stereocenters. The number of aromatic nitrogens is 1. The number of halogens is 2. The quantitative estimate of drug-likeness (QED) is 0.290. The van der Waals surface area contributed by atoms with Gasteiger partial charge in [0.25, 0.3) is 0 Å². The molecule has 9 heteroatoms. The number of carboxylic acid groups (broad SMARTS) is 1. The second kappa shape index (κ2) is 9.79. The second-order valence-corrected chi connectivity index (χ2v) is 8.94. The highest BCUT2D eigenvalue weighted by molar-refractivity contribution is 14.1. The molecule has 5 N–H and O–H groups in total. The molecule has 0 radical (unpaired) electrons. The molecule has 0 bridgehead atoms. The Morgan fingerprint density at radius 2 is 1.80 bits per heavy atom. The molecule has 1 atom stereocenters. The number of nitrogens with zero attached hydrogens (tertiary/aromatic N) is 1.